The van der Waals surface area contributed by atoms with Gasteiger partial charge in [-0.05, 0) is 65.1 Å². The summed E-state index contributed by atoms with van der Waals surface area (Å²) in [5.74, 6) is 0.749. The second-order valence-electron chi connectivity index (χ2n) is 9.20. The van der Waals surface area contributed by atoms with Crippen molar-refractivity contribution in [3.05, 3.63) is 114 Å². The number of phenolic OH excluding ortho intramolecular Hbond substituents is 1. The van der Waals surface area contributed by atoms with Crippen LogP contribution in [0, 0.1) is 5.92 Å². The van der Waals surface area contributed by atoms with E-state index in [1.165, 1.54) is 0 Å². The number of benzene rings is 4. The van der Waals surface area contributed by atoms with Gasteiger partial charge in [0.15, 0.2) is 0 Å². The van der Waals surface area contributed by atoms with Crippen molar-refractivity contribution in [1.29, 1.82) is 0 Å². The molecule has 1 amide bonds. The van der Waals surface area contributed by atoms with Crippen LogP contribution >= 0.6 is 0 Å². The maximum atomic E-state index is 13.3. The predicted octanol–water partition coefficient (Wildman–Crippen LogP) is 6.65. The number of hydrogen-bond donors (Lipinski definition) is 2. The molecule has 0 radical (unpaired) electrons. The molecule has 1 aliphatic carbocycles. The summed E-state index contributed by atoms with van der Waals surface area (Å²) in [6, 6.07) is 27.6. The minimum Gasteiger partial charge on any atom is -0.508 e. The SMILES string of the molecule is CN(C(=O)c1ccc2c(c1)C1C=CCC1C(c1c(O)ccc3ccccc13)N2)c1ccccc1. The maximum Gasteiger partial charge on any atom is 0.258 e. The Labute approximate surface area is 199 Å². The Morgan fingerprint density at radius 3 is 2.62 bits per heavy atom. The summed E-state index contributed by atoms with van der Waals surface area (Å²) in [5.41, 5.74) is 4.66. The van der Waals surface area contributed by atoms with Crippen LogP contribution in [0.25, 0.3) is 10.8 Å². The van der Waals surface area contributed by atoms with E-state index in [9.17, 15) is 9.90 Å². The lowest BCUT2D eigenvalue weighted by Crippen LogP contribution is -2.30. The number of hydrogen-bond acceptors (Lipinski definition) is 3. The van der Waals surface area contributed by atoms with Gasteiger partial charge in [0.1, 0.15) is 5.75 Å². The average Bonchev–Trinajstić information content (AvgIpc) is 3.38. The van der Waals surface area contributed by atoms with Gasteiger partial charge in [-0.3, -0.25) is 4.79 Å². The minimum absolute atomic E-state index is 0.0212. The Morgan fingerprint density at radius 2 is 1.76 bits per heavy atom. The summed E-state index contributed by atoms with van der Waals surface area (Å²) >= 11 is 0. The monoisotopic (exact) mass is 446 g/mol. The Balaban J connectivity index is 1.40. The van der Waals surface area contributed by atoms with Crippen molar-refractivity contribution in [3.8, 4) is 5.75 Å². The molecule has 6 rings (SSSR count). The zero-order valence-corrected chi connectivity index (χ0v) is 19.0. The molecule has 4 aromatic rings. The van der Waals surface area contributed by atoms with Crippen molar-refractivity contribution in [1.82, 2.24) is 0 Å². The van der Waals surface area contributed by atoms with Crippen molar-refractivity contribution >= 4 is 28.1 Å². The quantitative estimate of drug-likeness (QED) is 0.347. The fourth-order valence-corrected chi connectivity index (χ4v) is 5.59. The van der Waals surface area contributed by atoms with Crippen LogP contribution in [-0.2, 0) is 0 Å². The summed E-state index contributed by atoms with van der Waals surface area (Å²) in [7, 11) is 1.81. The third-order valence-corrected chi connectivity index (χ3v) is 7.32. The number of amides is 1. The lowest BCUT2D eigenvalue weighted by atomic mass is 9.75. The van der Waals surface area contributed by atoms with Crippen molar-refractivity contribution in [2.45, 2.75) is 18.4 Å². The first kappa shape index (κ1) is 20.5. The molecule has 3 atom stereocenters. The molecule has 0 saturated heterocycles. The minimum atomic E-state index is -0.0265. The molecule has 2 aliphatic rings. The van der Waals surface area contributed by atoms with Crippen LogP contribution in [0.4, 0.5) is 11.4 Å². The molecule has 1 heterocycles. The molecule has 3 unspecified atom stereocenters. The largest absolute Gasteiger partial charge is 0.508 e. The first-order chi connectivity index (χ1) is 16.6. The summed E-state index contributed by atoms with van der Waals surface area (Å²) in [6.07, 6.45) is 5.41. The van der Waals surface area contributed by atoms with E-state index < -0.39 is 0 Å². The van der Waals surface area contributed by atoms with Crippen LogP contribution in [0.1, 0.15) is 39.9 Å². The fourth-order valence-electron chi connectivity index (χ4n) is 5.59. The smallest absolute Gasteiger partial charge is 0.258 e. The number of carbonyl (C=O) groups excluding carboxylic acids is 1. The van der Waals surface area contributed by atoms with Gasteiger partial charge in [-0.2, -0.15) is 0 Å². The van der Waals surface area contributed by atoms with Crippen LogP contribution in [0.5, 0.6) is 5.75 Å². The predicted molar refractivity (Wildman–Crippen MR) is 138 cm³/mol. The summed E-state index contributed by atoms with van der Waals surface area (Å²) in [5, 5.41) is 16.8. The number of aromatic hydroxyl groups is 1. The average molecular weight is 447 g/mol. The highest BCUT2D eigenvalue weighted by Crippen LogP contribution is 2.52. The lowest BCUT2D eigenvalue weighted by molar-refractivity contribution is 0.0993. The van der Waals surface area contributed by atoms with Crippen molar-refractivity contribution in [3.63, 3.8) is 0 Å². The summed E-state index contributed by atoms with van der Waals surface area (Å²) < 4.78 is 0. The summed E-state index contributed by atoms with van der Waals surface area (Å²) in [6.45, 7) is 0. The Morgan fingerprint density at radius 1 is 0.971 bits per heavy atom. The van der Waals surface area contributed by atoms with Gasteiger partial charge in [0.05, 0.1) is 6.04 Å². The first-order valence-electron chi connectivity index (χ1n) is 11.7. The van der Waals surface area contributed by atoms with Gasteiger partial charge in [0.25, 0.3) is 5.91 Å². The Hall–Kier alpha value is -4.05. The number of phenols is 1. The highest BCUT2D eigenvalue weighted by Gasteiger charge is 2.39. The Kier molecular flexibility index (Phi) is 4.88. The molecule has 4 aromatic carbocycles. The zero-order valence-electron chi connectivity index (χ0n) is 19.0. The third kappa shape index (κ3) is 3.26. The number of fused-ring (bicyclic) bond motifs is 4. The van der Waals surface area contributed by atoms with Gasteiger partial charge in [0.2, 0.25) is 0 Å². The number of carbonyl (C=O) groups is 1. The van der Waals surface area contributed by atoms with E-state index in [-0.39, 0.29) is 23.8 Å². The number of nitrogens with one attached hydrogen (secondary N) is 1. The second-order valence-corrected chi connectivity index (χ2v) is 9.20. The molecule has 0 fully saturated rings. The molecule has 0 aromatic heterocycles. The van der Waals surface area contributed by atoms with Crippen LogP contribution in [0.15, 0.2) is 97.1 Å². The number of anilines is 2. The standard InChI is InChI=1S/C30H26N2O2/c1-32(21-9-3-2-4-10-21)30(34)20-14-16-26-25(18-20)23-12-7-13-24(23)29(31-26)28-22-11-6-5-8-19(22)15-17-27(28)33/h2-12,14-18,23-24,29,31,33H,13H2,1H3. The highest BCUT2D eigenvalue weighted by atomic mass is 16.3. The van der Waals surface area contributed by atoms with E-state index >= 15 is 0 Å². The van der Waals surface area contributed by atoms with E-state index in [0.717, 1.165) is 39.7 Å². The van der Waals surface area contributed by atoms with E-state index in [4.69, 9.17) is 0 Å². The van der Waals surface area contributed by atoms with Crippen molar-refractivity contribution in [2.24, 2.45) is 5.92 Å². The van der Waals surface area contributed by atoms with E-state index in [2.05, 4.69) is 29.6 Å². The number of nitrogens with zero attached hydrogens (tertiary/aromatic N) is 1. The number of allylic oxidation sites excluding steroid dienone is 2. The van der Waals surface area contributed by atoms with Gasteiger partial charge in [0, 0.05) is 35.5 Å². The van der Waals surface area contributed by atoms with Gasteiger partial charge in [-0.1, -0.05) is 60.7 Å². The second kappa shape index (κ2) is 8.07. The van der Waals surface area contributed by atoms with Crippen LogP contribution in [0.2, 0.25) is 0 Å². The molecule has 168 valence electrons. The fraction of sp³-hybridized carbons (Fsp3) is 0.167. The molecule has 0 bridgehead atoms. The first-order valence-corrected chi connectivity index (χ1v) is 11.7. The normalized spacial score (nSPS) is 20.4. The van der Waals surface area contributed by atoms with E-state index in [0.29, 0.717) is 11.3 Å². The number of rotatable bonds is 3. The molecule has 34 heavy (non-hydrogen) atoms. The molecule has 4 nitrogen and oxygen atoms in total. The molecule has 2 N–H and O–H groups in total. The van der Waals surface area contributed by atoms with Gasteiger partial charge < -0.3 is 15.3 Å². The Bertz CT molecular complexity index is 1430. The topological polar surface area (TPSA) is 52.6 Å². The highest BCUT2D eigenvalue weighted by molar-refractivity contribution is 6.06. The third-order valence-electron chi connectivity index (χ3n) is 7.32. The van der Waals surface area contributed by atoms with Crippen LogP contribution in [0.3, 0.4) is 0 Å². The van der Waals surface area contributed by atoms with Crippen molar-refractivity contribution in [2.75, 3.05) is 17.3 Å². The summed E-state index contributed by atoms with van der Waals surface area (Å²) in [4.78, 5) is 14.9. The van der Waals surface area contributed by atoms with Gasteiger partial charge >= 0.3 is 0 Å². The van der Waals surface area contributed by atoms with Gasteiger partial charge in [-0.15, -0.1) is 0 Å². The number of para-hydroxylation sites is 1. The van der Waals surface area contributed by atoms with Crippen LogP contribution < -0.4 is 10.2 Å². The molecule has 0 spiro atoms. The molecular formula is C30H26N2O2. The molecular weight excluding hydrogens is 420 g/mol. The van der Waals surface area contributed by atoms with Crippen LogP contribution in [-0.4, -0.2) is 18.1 Å². The zero-order chi connectivity index (χ0) is 23.2. The molecule has 0 saturated carbocycles. The molecule has 4 heteroatoms. The maximum absolute atomic E-state index is 13.3. The van der Waals surface area contributed by atoms with Crippen molar-refractivity contribution < 1.29 is 9.90 Å². The van der Waals surface area contributed by atoms with Gasteiger partial charge in [-0.25, -0.2) is 0 Å². The van der Waals surface area contributed by atoms with E-state index in [1.54, 1.807) is 11.0 Å². The van der Waals surface area contributed by atoms with E-state index in [1.807, 2.05) is 73.8 Å². The molecule has 1 aliphatic heterocycles. The lowest BCUT2D eigenvalue weighted by Gasteiger charge is -2.38.